The molecule has 16 heavy (non-hydrogen) atoms. The molecule has 1 aromatic carbocycles. The van der Waals surface area contributed by atoms with Crippen molar-refractivity contribution in [3.63, 3.8) is 0 Å². The molecule has 0 fully saturated rings. The quantitative estimate of drug-likeness (QED) is 0.702. The van der Waals surface area contributed by atoms with Gasteiger partial charge in [0.25, 0.3) is 0 Å². The van der Waals surface area contributed by atoms with Crippen molar-refractivity contribution >= 4 is 5.78 Å². The predicted molar refractivity (Wildman–Crippen MR) is 66.3 cm³/mol. The number of benzene rings is 1. The molecule has 1 heteroatoms. The summed E-state index contributed by atoms with van der Waals surface area (Å²) in [5.74, 6) is 0.222. The van der Waals surface area contributed by atoms with Gasteiger partial charge in [0, 0.05) is 11.8 Å². The summed E-state index contributed by atoms with van der Waals surface area (Å²) in [6.45, 7) is 1.65. The molecule has 82 valence electrons. The normalized spacial score (nSPS) is 17.3. The Kier molecular flexibility index (Phi) is 3.04. The third kappa shape index (κ3) is 2.13. The maximum absolute atomic E-state index is 11.4. The summed E-state index contributed by atoms with van der Waals surface area (Å²) in [6, 6.07) is 10.2. The van der Waals surface area contributed by atoms with E-state index in [-0.39, 0.29) is 11.2 Å². The molecular weight excluding hydrogens is 196 g/mol. The molecule has 0 saturated carbocycles. The molecule has 0 amide bonds. The lowest BCUT2D eigenvalue weighted by Gasteiger charge is -2.29. The fourth-order valence-electron chi connectivity index (χ4n) is 2.26. The van der Waals surface area contributed by atoms with Crippen LogP contribution in [0.15, 0.2) is 54.6 Å². The lowest BCUT2D eigenvalue weighted by molar-refractivity contribution is -0.117. The Hall–Kier alpha value is -1.63. The summed E-state index contributed by atoms with van der Waals surface area (Å²) < 4.78 is 0. The minimum Gasteiger partial charge on any atom is -0.300 e. The minimum atomic E-state index is -0.217. The zero-order valence-electron chi connectivity index (χ0n) is 9.52. The van der Waals surface area contributed by atoms with Gasteiger partial charge < -0.3 is 0 Å². The fraction of sp³-hybridized carbons (Fsp3) is 0.267. The second-order valence-electron chi connectivity index (χ2n) is 4.33. The molecule has 1 aliphatic rings. The predicted octanol–water partition coefficient (Wildman–Crippen LogP) is 3.42. The molecule has 0 atom stereocenters. The highest BCUT2D eigenvalue weighted by Gasteiger charge is 2.28. The molecule has 0 aliphatic heterocycles. The van der Waals surface area contributed by atoms with Crippen LogP contribution in [0, 0.1) is 0 Å². The highest BCUT2D eigenvalue weighted by Crippen LogP contribution is 2.34. The molecule has 0 unspecified atom stereocenters. The summed E-state index contributed by atoms with van der Waals surface area (Å²) in [5.41, 5.74) is 0.975. The number of rotatable bonds is 3. The van der Waals surface area contributed by atoms with Gasteiger partial charge in [0.2, 0.25) is 0 Å². The van der Waals surface area contributed by atoms with Crippen molar-refractivity contribution in [1.29, 1.82) is 0 Å². The van der Waals surface area contributed by atoms with Crippen molar-refractivity contribution in [3.05, 3.63) is 60.2 Å². The molecule has 0 N–H and O–H groups in total. The van der Waals surface area contributed by atoms with Gasteiger partial charge in [0.15, 0.2) is 0 Å². The van der Waals surface area contributed by atoms with Gasteiger partial charge >= 0.3 is 0 Å². The van der Waals surface area contributed by atoms with Crippen LogP contribution in [0.5, 0.6) is 0 Å². The van der Waals surface area contributed by atoms with E-state index in [4.69, 9.17) is 0 Å². The summed E-state index contributed by atoms with van der Waals surface area (Å²) >= 11 is 0. The topological polar surface area (TPSA) is 17.1 Å². The molecule has 0 saturated heterocycles. The largest absolute Gasteiger partial charge is 0.300 e. The summed E-state index contributed by atoms with van der Waals surface area (Å²) in [4.78, 5) is 11.4. The average molecular weight is 212 g/mol. The van der Waals surface area contributed by atoms with Crippen molar-refractivity contribution in [2.45, 2.75) is 25.2 Å². The zero-order chi connectivity index (χ0) is 11.4. The van der Waals surface area contributed by atoms with Crippen molar-refractivity contribution < 1.29 is 4.79 Å². The van der Waals surface area contributed by atoms with Gasteiger partial charge in [-0.3, -0.25) is 4.79 Å². The Bertz CT molecular complexity index is 414. The maximum atomic E-state index is 11.4. The number of allylic oxidation sites excluding steroid dienone is 4. The van der Waals surface area contributed by atoms with Crippen molar-refractivity contribution in [2.75, 3.05) is 0 Å². The molecular formula is C15H16O. The first-order valence-electron chi connectivity index (χ1n) is 5.63. The summed E-state index contributed by atoms with van der Waals surface area (Å²) in [5, 5.41) is 0. The van der Waals surface area contributed by atoms with Gasteiger partial charge in [-0.2, -0.15) is 0 Å². The fourth-order valence-corrected chi connectivity index (χ4v) is 2.26. The highest BCUT2D eigenvalue weighted by molar-refractivity contribution is 5.78. The molecule has 1 aliphatic carbocycles. The Labute approximate surface area is 96.5 Å². The second-order valence-corrected chi connectivity index (χ2v) is 4.33. The number of ketones is 1. The number of hydrogen-bond donors (Lipinski definition) is 0. The van der Waals surface area contributed by atoms with E-state index in [1.54, 1.807) is 6.92 Å². The first-order chi connectivity index (χ1) is 7.73. The zero-order valence-corrected chi connectivity index (χ0v) is 9.52. The number of Topliss-reactive ketones (excluding diaryl/α,β-unsaturated/α-hetero) is 1. The van der Waals surface area contributed by atoms with Gasteiger partial charge in [0.1, 0.15) is 5.78 Å². The van der Waals surface area contributed by atoms with Crippen LogP contribution in [0.25, 0.3) is 0 Å². The maximum Gasteiger partial charge on any atom is 0.131 e. The van der Waals surface area contributed by atoms with Crippen LogP contribution in [0.1, 0.15) is 25.3 Å². The second kappa shape index (κ2) is 4.48. The molecule has 0 spiro atoms. The SMILES string of the molecule is CC(=O)CC1(c2ccccc2)C=CCC=C1. The summed E-state index contributed by atoms with van der Waals surface area (Å²) in [6.07, 6.45) is 10.1. The van der Waals surface area contributed by atoms with Crippen LogP contribution in [-0.2, 0) is 10.2 Å². The van der Waals surface area contributed by atoms with Gasteiger partial charge in [-0.05, 0) is 18.9 Å². The van der Waals surface area contributed by atoms with E-state index < -0.39 is 0 Å². The van der Waals surface area contributed by atoms with Crippen LogP contribution in [0.4, 0.5) is 0 Å². The van der Waals surface area contributed by atoms with Crippen LogP contribution in [-0.4, -0.2) is 5.78 Å². The van der Waals surface area contributed by atoms with Crippen molar-refractivity contribution in [2.24, 2.45) is 0 Å². The van der Waals surface area contributed by atoms with E-state index in [0.29, 0.717) is 6.42 Å². The smallest absolute Gasteiger partial charge is 0.131 e. The lowest BCUT2D eigenvalue weighted by Crippen LogP contribution is -2.25. The van der Waals surface area contributed by atoms with Crippen molar-refractivity contribution in [1.82, 2.24) is 0 Å². The van der Waals surface area contributed by atoms with E-state index in [1.165, 1.54) is 5.56 Å². The molecule has 0 heterocycles. The Morgan fingerprint density at radius 2 is 1.81 bits per heavy atom. The van der Waals surface area contributed by atoms with E-state index >= 15 is 0 Å². The van der Waals surface area contributed by atoms with Crippen LogP contribution >= 0.6 is 0 Å². The number of carbonyl (C=O) groups excluding carboxylic acids is 1. The van der Waals surface area contributed by atoms with Gasteiger partial charge in [-0.15, -0.1) is 0 Å². The molecule has 1 nitrogen and oxygen atoms in total. The van der Waals surface area contributed by atoms with E-state index in [0.717, 1.165) is 6.42 Å². The van der Waals surface area contributed by atoms with Crippen LogP contribution in [0.2, 0.25) is 0 Å². The molecule has 1 aromatic rings. The standard InChI is InChI=1S/C15H16O/c1-13(16)12-15(10-6-3-7-11-15)14-8-4-2-5-9-14/h2,4-11H,3,12H2,1H3. The third-order valence-electron chi connectivity index (χ3n) is 2.96. The van der Waals surface area contributed by atoms with E-state index in [2.05, 4.69) is 36.4 Å². The average Bonchev–Trinajstić information content (AvgIpc) is 2.30. The Morgan fingerprint density at radius 3 is 2.38 bits per heavy atom. The molecule has 0 bridgehead atoms. The van der Waals surface area contributed by atoms with E-state index in [1.807, 2.05) is 18.2 Å². The lowest BCUT2D eigenvalue weighted by atomic mass is 9.74. The molecule has 0 aromatic heterocycles. The Morgan fingerprint density at radius 1 is 1.19 bits per heavy atom. The highest BCUT2D eigenvalue weighted by atomic mass is 16.1. The van der Waals surface area contributed by atoms with Gasteiger partial charge in [-0.25, -0.2) is 0 Å². The Balaban J connectivity index is 2.42. The molecule has 2 rings (SSSR count). The minimum absolute atomic E-state index is 0.217. The molecule has 0 radical (unpaired) electrons. The van der Waals surface area contributed by atoms with Crippen LogP contribution < -0.4 is 0 Å². The van der Waals surface area contributed by atoms with Gasteiger partial charge in [-0.1, -0.05) is 54.6 Å². The monoisotopic (exact) mass is 212 g/mol. The number of carbonyl (C=O) groups is 1. The number of hydrogen-bond acceptors (Lipinski definition) is 1. The first kappa shape index (κ1) is 10.9. The third-order valence-corrected chi connectivity index (χ3v) is 2.96. The van der Waals surface area contributed by atoms with E-state index in [9.17, 15) is 4.79 Å². The van der Waals surface area contributed by atoms with Gasteiger partial charge in [0.05, 0.1) is 0 Å². The summed E-state index contributed by atoms with van der Waals surface area (Å²) in [7, 11) is 0. The first-order valence-corrected chi connectivity index (χ1v) is 5.63. The van der Waals surface area contributed by atoms with Crippen molar-refractivity contribution in [3.8, 4) is 0 Å². The van der Waals surface area contributed by atoms with Crippen LogP contribution in [0.3, 0.4) is 0 Å².